The summed E-state index contributed by atoms with van der Waals surface area (Å²) in [4.78, 5) is 10.5. The van der Waals surface area contributed by atoms with Crippen molar-refractivity contribution in [3.63, 3.8) is 0 Å². The Bertz CT molecular complexity index is 992. The highest BCUT2D eigenvalue weighted by atomic mass is 19.1. The van der Waals surface area contributed by atoms with E-state index in [2.05, 4.69) is 9.97 Å². The van der Waals surface area contributed by atoms with Crippen LogP contribution in [0.4, 0.5) is 14.5 Å². The van der Waals surface area contributed by atoms with E-state index in [4.69, 9.17) is 9.68 Å². The van der Waals surface area contributed by atoms with Crippen molar-refractivity contribution in [2.45, 2.75) is 19.4 Å². The predicted octanol–water partition coefficient (Wildman–Crippen LogP) is 3.84. The molecule has 0 radical (unpaired) electrons. The highest BCUT2D eigenvalue weighted by molar-refractivity contribution is 5.53. The molecule has 130 valence electrons. The Morgan fingerprint density at radius 2 is 2.04 bits per heavy atom. The number of aryl methyl sites for hydroxylation is 1. The molecule has 0 fully saturated rings. The van der Waals surface area contributed by atoms with Gasteiger partial charge in [-0.25, -0.2) is 18.7 Å². The summed E-state index contributed by atoms with van der Waals surface area (Å²) < 4.78 is 32.6. The lowest BCUT2D eigenvalue weighted by molar-refractivity contribution is 0.510. The Hall–Kier alpha value is -3.27. The smallest absolute Gasteiger partial charge is 0.245 e. The van der Waals surface area contributed by atoms with E-state index < -0.39 is 11.6 Å². The zero-order chi connectivity index (χ0) is 18.1. The third-order valence-electron chi connectivity index (χ3n) is 4.27. The average molecular weight is 352 g/mol. The maximum atomic E-state index is 13.8. The fourth-order valence-corrected chi connectivity index (χ4v) is 3.05. The second-order valence-electron chi connectivity index (χ2n) is 6.09. The topological polar surface area (TPSA) is 66.0 Å². The number of nitrogens with zero attached hydrogens (tertiary/aromatic N) is 4. The Morgan fingerprint density at radius 3 is 2.81 bits per heavy atom. The molecule has 0 bridgehead atoms. The summed E-state index contributed by atoms with van der Waals surface area (Å²) in [6, 6.07) is 9.08. The summed E-state index contributed by atoms with van der Waals surface area (Å²) in [5.74, 6) is 0.228. The molecular formula is C19H14F2N4O. The summed E-state index contributed by atoms with van der Waals surface area (Å²) in [5, 5.41) is 9.05. The fourth-order valence-electron chi connectivity index (χ4n) is 3.05. The minimum absolute atomic E-state index is 0.279. The van der Waals surface area contributed by atoms with Crippen molar-refractivity contribution in [1.29, 1.82) is 5.26 Å². The number of oxazole rings is 1. The molecule has 0 saturated carbocycles. The molecule has 0 unspecified atom stereocenters. The molecule has 0 atom stereocenters. The number of aromatic nitrogens is 2. The molecule has 0 aliphatic carbocycles. The molecule has 1 aliphatic rings. The molecule has 0 spiro atoms. The number of rotatable bonds is 2. The van der Waals surface area contributed by atoms with Gasteiger partial charge >= 0.3 is 0 Å². The van der Waals surface area contributed by atoms with Crippen molar-refractivity contribution < 1.29 is 13.2 Å². The lowest BCUT2D eigenvalue weighted by Crippen LogP contribution is -2.23. The van der Waals surface area contributed by atoms with Gasteiger partial charge in [0.15, 0.2) is 0 Å². The third-order valence-corrected chi connectivity index (χ3v) is 4.27. The number of nitriles is 1. The maximum Gasteiger partial charge on any atom is 0.245 e. The Labute approximate surface area is 148 Å². The van der Waals surface area contributed by atoms with E-state index in [1.807, 2.05) is 11.0 Å². The number of pyridine rings is 1. The molecule has 0 N–H and O–H groups in total. The highest BCUT2D eigenvalue weighted by Crippen LogP contribution is 2.28. The largest absolute Gasteiger partial charge is 0.440 e. The number of fused-ring (bicyclic) bond motifs is 1. The monoisotopic (exact) mass is 352 g/mol. The van der Waals surface area contributed by atoms with Crippen molar-refractivity contribution in [2.24, 2.45) is 0 Å². The number of halogens is 2. The minimum Gasteiger partial charge on any atom is -0.440 e. The van der Waals surface area contributed by atoms with E-state index in [0.717, 1.165) is 24.1 Å². The molecule has 0 amide bonds. The van der Waals surface area contributed by atoms with Crippen LogP contribution < -0.4 is 4.90 Å². The van der Waals surface area contributed by atoms with E-state index in [0.29, 0.717) is 36.8 Å². The van der Waals surface area contributed by atoms with Crippen molar-refractivity contribution >= 4 is 5.69 Å². The molecule has 0 saturated heterocycles. The maximum absolute atomic E-state index is 13.8. The molecule has 26 heavy (non-hydrogen) atoms. The van der Waals surface area contributed by atoms with E-state index in [-0.39, 0.29) is 5.56 Å². The van der Waals surface area contributed by atoms with Crippen LogP contribution in [0, 0.1) is 23.0 Å². The van der Waals surface area contributed by atoms with Crippen LogP contribution in [0.25, 0.3) is 11.6 Å². The Kier molecular flexibility index (Phi) is 4.09. The first-order valence-electron chi connectivity index (χ1n) is 8.18. The average Bonchev–Trinajstić information content (AvgIpc) is 2.93. The highest BCUT2D eigenvalue weighted by Gasteiger charge is 2.22. The number of hydrogen-bond donors (Lipinski definition) is 0. The Balaban J connectivity index is 1.65. The first-order chi connectivity index (χ1) is 12.6. The van der Waals surface area contributed by atoms with Gasteiger partial charge in [-0.05, 0) is 36.8 Å². The van der Waals surface area contributed by atoms with Gasteiger partial charge in [0.25, 0.3) is 0 Å². The number of anilines is 1. The molecule has 1 aromatic carbocycles. The number of hydrogen-bond acceptors (Lipinski definition) is 5. The second-order valence-corrected chi connectivity index (χ2v) is 6.09. The lowest BCUT2D eigenvalue weighted by Gasteiger charge is -2.22. The Morgan fingerprint density at radius 1 is 1.15 bits per heavy atom. The summed E-state index contributed by atoms with van der Waals surface area (Å²) in [6.45, 7) is 1.14. The minimum atomic E-state index is -0.445. The molecule has 3 heterocycles. The molecule has 1 aliphatic heterocycles. The van der Waals surface area contributed by atoms with E-state index in [1.165, 1.54) is 24.3 Å². The van der Waals surface area contributed by atoms with Crippen LogP contribution in [-0.4, -0.2) is 16.5 Å². The van der Waals surface area contributed by atoms with Gasteiger partial charge in [-0.1, -0.05) is 0 Å². The summed E-state index contributed by atoms with van der Waals surface area (Å²) >= 11 is 0. The van der Waals surface area contributed by atoms with Crippen LogP contribution in [0.5, 0.6) is 0 Å². The normalized spacial score (nSPS) is 13.8. The summed E-state index contributed by atoms with van der Waals surface area (Å²) in [7, 11) is 0. The zero-order valence-corrected chi connectivity index (χ0v) is 13.7. The standard InChI is InChI=1S/C19H14F2N4O/c20-13-3-4-16(23-10-13)19-24-17-11-25(5-1-2-18(17)26-19)15-7-12(9-22)6-14(21)8-15/h3-4,6-8,10H,1-2,5,11H2. The van der Waals surface area contributed by atoms with Crippen LogP contribution in [0.1, 0.15) is 23.4 Å². The quantitative estimate of drug-likeness (QED) is 0.701. The molecule has 3 aromatic rings. The van der Waals surface area contributed by atoms with Crippen molar-refractivity contribution in [3.05, 3.63) is 65.2 Å². The van der Waals surface area contributed by atoms with E-state index >= 15 is 0 Å². The van der Waals surface area contributed by atoms with Crippen LogP contribution in [0.2, 0.25) is 0 Å². The predicted molar refractivity (Wildman–Crippen MR) is 90.2 cm³/mol. The van der Waals surface area contributed by atoms with Crippen molar-refractivity contribution in [3.8, 4) is 17.7 Å². The van der Waals surface area contributed by atoms with Gasteiger partial charge in [0.1, 0.15) is 28.8 Å². The summed E-state index contributed by atoms with van der Waals surface area (Å²) in [6.07, 6.45) is 2.62. The fraction of sp³-hybridized carbons (Fsp3) is 0.211. The van der Waals surface area contributed by atoms with Gasteiger partial charge in [-0.2, -0.15) is 5.26 Å². The van der Waals surface area contributed by atoms with Gasteiger partial charge in [-0.3, -0.25) is 0 Å². The molecule has 7 heteroatoms. The second kappa shape index (κ2) is 6.56. The molecule has 2 aromatic heterocycles. The van der Waals surface area contributed by atoms with Gasteiger partial charge in [0.2, 0.25) is 5.89 Å². The first kappa shape index (κ1) is 16.2. The van der Waals surface area contributed by atoms with Gasteiger partial charge in [-0.15, -0.1) is 0 Å². The molecule has 5 nitrogen and oxygen atoms in total. The zero-order valence-electron chi connectivity index (χ0n) is 13.7. The van der Waals surface area contributed by atoms with Crippen LogP contribution in [0.15, 0.2) is 40.9 Å². The SMILES string of the molecule is N#Cc1cc(F)cc(N2CCCc3oc(-c4ccc(F)cn4)nc3C2)c1. The van der Waals surface area contributed by atoms with E-state index in [1.54, 1.807) is 6.07 Å². The molecular weight excluding hydrogens is 338 g/mol. The van der Waals surface area contributed by atoms with Gasteiger partial charge in [0.05, 0.1) is 24.4 Å². The van der Waals surface area contributed by atoms with Crippen molar-refractivity contribution in [1.82, 2.24) is 9.97 Å². The van der Waals surface area contributed by atoms with Gasteiger partial charge in [0, 0.05) is 18.7 Å². The van der Waals surface area contributed by atoms with Crippen LogP contribution in [-0.2, 0) is 13.0 Å². The summed E-state index contributed by atoms with van der Waals surface area (Å²) in [5.41, 5.74) is 2.12. The molecule has 4 rings (SSSR count). The first-order valence-corrected chi connectivity index (χ1v) is 8.18. The lowest BCUT2D eigenvalue weighted by atomic mass is 10.2. The third kappa shape index (κ3) is 3.14. The van der Waals surface area contributed by atoms with Crippen LogP contribution >= 0.6 is 0 Å². The van der Waals surface area contributed by atoms with E-state index in [9.17, 15) is 8.78 Å². The van der Waals surface area contributed by atoms with Gasteiger partial charge < -0.3 is 9.32 Å². The van der Waals surface area contributed by atoms with Crippen molar-refractivity contribution in [2.75, 3.05) is 11.4 Å². The van der Waals surface area contributed by atoms with Crippen LogP contribution in [0.3, 0.4) is 0 Å². The number of benzene rings is 1.